The highest BCUT2D eigenvalue weighted by atomic mass is 127. The summed E-state index contributed by atoms with van der Waals surface area (Å²) < 4.78 is 0. The van der Waals surface area contributed by atoms with Crippen LogP contribution in [0.25, 0.3) is 0 Å². The summed E-state index contributed by atoms with van der Waals surface area (Å²) in [4.78, 5) is 4.61. The first-order valence-corrected chi connectivity index (χ1v) is 8.38. The van der Waals surface area contributed by atoms with Crippen LogP contribution in [0.2, 0.25) is 0 Å². The summed E-state index contributed by atoms with van der Waals surface area (Å²) in [5, 5.41) is 17.5. The van der Waals surface area contributed by atoms with Gasteiger partial charge in [-0.1, -0.05) is 38.1 Å². The SMILES string of the molecule is CCNC(=NCC1(O)CCc2ccccc21)NCCC(C)C.I. The molecule has 0 saturated heterocycles. The zero-order chi connectivity index (χ0) is 16.0. The normalized spacial score (nSPS) is 20.1. The van der Waals surface area contributed by atoms with Crippen molar-refractivity contribution in [3.8, 4) is 0 Å². The molecule has 3 N–H and O–H groups in total. The van der Waals surface area contributed by atoms with Crippen molar-refractivity contribution in [2.45, 2.75) is 45.6 Å². The number of aliphatic imine (C=N–C) groups is 1. The molecule has 1 aliphatic carbocycles. The average molecular weight is 431 g/mol. The molecule has 0 aliphatic heterocycles. The van der Waals surface area contributed by atoms with Crippen molar-refractivity contribution in [3.05, 3.63) is 35.4 Å². The molecular weight excluding hydrogens is 401 g/mol. The Hall–Kier alpha value is -0.820. The van der Waals surface area contributed by atoms with Crippen molar-refractivity contribution in [2.24, 2.45) is 10.9 Å². The van der Waals surface area contributed by atoms with Gasteiger partial charge in [0.15, 0.2) is 5.96 Å². The Morgan fingerprint density at radius 3 is 2.74 bits per heavy atom. The van der Waals surface area contributed by atoms with Crippen LogP contribution in [0, 0.1) is 5.92 Å². The van der Waals surface area contributed by atoms with Crippen LogP contribution in [0.15, 0.2) is 29.3 Å². The molecule has 0 amide bonds. The van der Waals surface area contributed by atoms with E-state index in [1.165, 1.54) is 5.56 Å². The predicted octanol–water partition coefficient (Wildman–Crippen LogP) is 3.04. The van der Waals surface area contributed by atoms with E-state index in [2.05, 4.69) is 42.5 Å². The van der Waals surface area contributed by atoms with Gasteiger partial charge >= 0.3 is 0 Å². The lowest BCUT2D eigenvalue weighted by atomic mass is 9.96. The summed E-state index contributed by atoms with van der Waals surface area (Å²) >= 11 is 0. The fourth-order valence-electron chi connectivity index (χ4n) is 2.86. The standard InChI is InChI=1S/C18H29N3O.HI/c1-4-19-17(20-12-10-14(2)3)21-13-18(22)11-9-15-7-5-6-8-16(15)18;/h5-8,14,22H,4,9-13H2,1-3H3,(H2,19,20,21);1H. The maximum atomic E-state index is 10.9. The van der Waals surface area contributed by atoms with Gasteiger partial charge in [0, 0.05) is 13.1 Å². The number of aliphatic hydroxyl groups is 1. The Bertz CT molecular complexity index is 519. The molecule has 5 heteroatoms. The van der Waals surface area contributed by atoms with E-state index in [1.807, 2.05) is 18.2 Å². The molecule has 1 aromatic rings. The lowest BCUT2D eigenvalue weighted by Crippen LogP contribution is -2.39. The molecule has 2 rings (SSSR count). The molecular formula is C18H30IN3O. The summed E-state index contributed by atoms with van der Waals surface area (Å²) in [5.74, 6) is 1.46. The van der Waals surface area contributed by atoms with Crippen LogP contribution in [0.3, 0.4) is 0 Å². The Kier molecular flexibility index (Phi) is 8.33. The largest absolute Gasteiger partial charge is 0.383 e. The van der Waals surface area contributed by atoms with Crippen LogP contribution in [0.4, 0.5) is 0 Å². The number of benzene rings is 1. The van der Waals surface area contributed by atoms with Crippen LogP contribution in [-0.2, 0) is 12.0 Å². The van der Waals surface area contributed by atoms with Crippen LogP contribution >= 0.6 is 24.0 Å². The van der Waals surface area contributed by atoms with Crippen molar-refractivity contribution < 1.29 is 5.11 Å². The zero-order valence-corrected chi connectivity index (χ0v) is 16.8. The van der Waals surface area contributed by atoms with Gasteiger partial charge in [0.1, 0.15) is 5.60 Å². The molecule has 1 aliphatic rings. The van der Waals surface area contributed by atoms with Gasteiger partial charge < -0.3 is 15.7 Å². The van der Waals surface area contributed by atoms with Gasteiger partial charge in [-0.05, 0) is 43.2 Å². The van der Waals surface area contributed by atoms with Gasteiger partial charge in [0.05, 0.1) is 6.54 Å². The summed E-state index contributed by atoms with van der Waals surface area (Å²) in [6.07, 6.45) is 2.79. The number of rotatable bonds is 6. The number of nitrogens with one attached hydrogen (secondary N) is 2. The summed E-state index contributed by atoms with van der Waals surface area (Å²) in [6.45, 7) is 8.61. The fourth-order valence-corrected chi connectivity index (χ4v) is 2.86. The average Bonchev–Trinajstić information content (AvgIpc) is 2.83. The summed E-state index contributed by atoms with van der Waals surface area (Å²) in [7, 11) is 0. The minimum atomic E-state index is -0.822. The second-order valence-electron chi connectivity index (χ2n) is 6.49. The van der Waals surface area contributed by atoms with Crippen LogP contribution < -0.4 is 10.6 Å². The highest BCUT2D eigenvalue weighted by Crippen LogP contribution is 2.36. The Morgan fingerprint density at radius 2 is 2.04 bits per heavy atom. The molecule has 0 fully saturated rings. The van der Waals surface area contributed by atoms with Crippen molar-refractivity contribution in [2.75, 3.05) is 19.6 Å². The van der Waals surface area contributed by atoms with E-state index < -0.39 is 5.60 Å². The van der Waals surface area contributed by atoms with E-state index in [1.54, 1.807) is 0 Å². The number of nitrogens with zero attached hydrogens (tertiary/aromatic N) is 1. The molecule has 4 nitrogen and oxygen atoms in total. The molecule has 23 heavy (non-hydrogen) atoms. The highest BCUT2D eigenvalue weighted by molar-refractivity contribution is 14.0. The molecule has 0 spiro atoms. The van der Waals surface area contributed by atoms with Crippen molar-refractivity contribution in [3.63, 3.8) is 0 Å². The zero-order valence-electron chi connectivity index (χ0n) is 14.4. The third-order valence-electron chi connectivity index (χ3n) is 4.18. The maximum Gasteiger partial charge on any atom is 0.191 e. The van der Waals surface area contributed by atoms with Crippen LogP contribution in [-0.4, -0.2) is 30.7 Å². The minimum absolute atomic E-state index is 0. The molecule has 0 bridgehead atoms. The Morgan fingerprint density at radius 1 is 1.30 bits per heavy atom. The van der Waals surface area contributed by atoms with E-state index in [0.29, 0.717) is 12.5 Å². The summed E-state index contributed by atoms with van der Waals surface area (Å²) in [6, 6.07) is 8.15. The van der Waals surface area contributed by atoms with E-state index in [9.17, 15) is 5.11 Å². The Labute approximate surface area is 157 Å². The lowest BCUT2D eigenvalue weighted by molar-refractivity contribution is 0.0485. The quantitative estimate of drug-likeness (QED) is 0.369. The predicted molar refractivity (Wildman–Crippen MR) is 108 cm³/mol. The van der Waals surface area contributed by atoms with Gasteiger partial charge in [-0.15, -0.1) is 24.0 Å². The second kappa shape index (κ2) is 9.47. The van der Waals surface area contributed by atoms with E-state index >= 15 is 0 Å². The number of guanidine groups is 1. The van der Waals surface area contributed by atoms with Crippen molar-refractivity contribution in [1.82, 2.24) is 10.6 Å². The van der Waals surface area contributed by atoms with Gasteiger partial charge in [-0.2, -0.15) is 0 Å². The first kappa shape index (κ1) is 20.2. The number of halogens is 1. The van der Waals surface area contributed by atoms with Crippen LogP contribution in [0.1, 0.15) is 44.7 Å². The molecule has 1 unspecified atom stereocenters. The van der Waals surface area contributed by atoms with Crippen LogP contribution in [0.5, 0.6) is 0 Å². The monoisotopic (exact) mass is 431 g/mol. The van der Waals surface area contributed by atoms with Crippen molar-refractivity contribution >= 4 is 29.9 Å². The molecule has 1 atom stereocenters. The fraction of sp³-hybridized carbons (Fsp3) is 0.611. The Balaban J connectivity index is 0.00000264. The van der Waals surface area contributed by atoms with E-state index in [-0.39, 0.29) is 24.0 Å². The number of aryl methyl sites for hydroxylation is 1. The molecule has 0 heterocycles. The first-order valence-electron chi connectivity index (χ1n) is 8.38. The molecule has 1 aromatic carbocycles. The van der Waals surface area contributed by atoms with Crippen molar-refractivity contribution in [1.29, 1.82) is 0 Å². The van der Waals surface area contributed by atoms with Gasteiger partial charge in [-0.3, -0.25) is 0 Å². The van der Waals surface area contributed by atoms with E-state index in [4.69, 9.17) is 0 Å². The number of fused-ring (bicyclic) bond motifs is 1. The third-order valence-corrected chi connectivity index (χ3v) is 4.18. The number of hydrogen-bond acceptors (Lipinski definition) is 2. The van der Waals surface area contributed by atoms with Gasteiger partial charge in [0.25, 0.3) is 0 Å². The first-order chi connectivity index (χ1) is 10.5. The third kappa shape index (κ3) is 5.64. The molecule has 0 aromatic heterocycles. The lowest BCUT2D eigenvalue weighted by Gasteiger charge is -2.22. The molecule has 0 saturated carbocycles. The molecule has 130 valence electrons. The summed E-state index contributed by atoms with van der Waals surface area (Å²) in [5.41, 5.74) is 1.46. The van der Waals surface area contributed by atoms with Gasteiger partial charge in [-0.25, -0.2) is 4.99 Å². The maximum absolute atomic E-state index is 10.9. The highest BCUT2D eigenvalue weighted by Gasteiger charge is 2.36. The topological polar surface area (TPSA) is 56.7 Å². The smallest absolute Gasteiger partial charge is 0.191 e. The van der Waals surface area contributed by atoms with E-state index in [0.717, 1.165) is 43.9 Å². The second-order valence-corrected chi connectivity index (χ2v) is 6.49. The number of hydrogen-bond donors (Lipinski definition) is 3. The minimum Gasteiger partial charge on any atom is -0.383 e. The molecule has 0 radical (unpaired) electrons. The van der Waals surface area contributed by atoms with Gasteiger partial charge in [0.2, 0.25) is 0 Å².